The maximum absolute atomic E-state index is 12.1. The number of carbonyl (C=O) groups excluding carboxylic acids is 2. The predicted octanol–water partition coefficient (Wildman–Crippen LogP) is -0.650. The minimum absolute atomic E-state index is 0.0125. The summed E-state index contributed by atoms with van der Waals surface area (Å²) < 4.78 is 5.18. The van der Waals surface area contributed by atoms with Gasteiger partial charge in [-0.2, -0.15) is 0 Å². The molecule has 0 aromatic heterocycles. The SMILES string of the molecule is CC(NC(=O)N1CC(CC(=O)O)C1)C(=O)N1CCOCC1. The van der Waals surface area contributed by atoms with Crippen molar-refractivity contribution in [3.8, 4) is 0 Å². The maximum Gasteiger partial charge on any atom is 0.318 e. The van der Waals surface area contributed by atoms with E-state index in [9.17, 15) is 14.4 Å². The van der Waals surface area contributed by atoms with Gasteiger partial charge >= 0.3 is 12.0 Å². The molecule has 0 saturated carbocycles. The number of carboxylic acids is 1. The molecule has 2 fully saturated rings. The number of likely N-dealkylation sites (tertiary alicyclic amines) is 1. The van der Waals surface area contributed by atoms with Gasteiger partial charge in [-0.05, 0) is 6.92 Å². The Labute approximate surface area is 123 Å². The summed E-state index contributed by atoms with van der Waals surface area (Å²) in [6.07, 6.45) is 0.0754. The second-order valence-electron chi connectivity index (χ2n) is 5.48. The smallest absolute Gasteiger partial charge is 0.318 e. The minimum Gasteiger partial charge on any atom is -0.481 e. The summed E-state index contributed by atoms with van der Waals surface area (Å²) in [5, 5.41) is 11.3. The predicted molar refractivity (Wildman–Crippen MR) is 72.7 cm³/mol. The molecule has 2 aliphatic rings. The number of urea groups is 1. The van der Waals surface area contributed by atoms with Gasteiger partial charge < -0.3 is 25.0 Å². The van der Waals surface area contributed by atoms with Crippen molar-refractivity contribution in [2.75, 3.05) is 39.4 Å². The van der Waals surface area contributed by atoms with E-state index in [4.69, 9.17) is 9.84 Å². The number of morpholine rings is 1. The molecule has 2 heterocycles. The Morgan fingerprint density at radius 2 is 1.86 bits per heavy atom. The molecule has 0 spiro atoms. The fraction of sp³-hybridized carbons (Fsp3) is 0.769. The Morgan fingerprint density at radius 1 is 1.24 bits per heavy atom. The lowest BCUT2D eigenvalue weighted by Crippen LogP contribution is -2.58. The van der Waals surface area contributed by atoms with Gasteiger partial charge in [0.15, 0.2) is 0 Å². The van der Waals surface area contributed by atoms with E-state index in [-0.39, 0.29) is 24.3 Å². The van der Waals surface area contributed by atoms with Crippen molar-refractivity contribution in [3.63, 3.8) is 0 Å². The lowest BCUT2D eigenvalue weighted by Gasteiger charge is -2.39. The van der Waals surface area contributed by atoms with Crippen LogP contribution in [-0.2, 0) is 14.3 Å². The quantitative estimate of drug-likeness (QED) is 0.718. The lowest BCUT2D eigenvalue weighted by atomic mass is 9.97. The van der Waals surface area contributed by atoms with Crippen molar-refractivity contribution in [2.24, 2.45) is 5.92 Å². The van der Waals surface area contributed by atoms with Crippen LogP contribution in [0.5, 0.6) is 0 Å². The first kappa shape index (κ1) is 15.6. The molecule has 2 aliphatic heterocycles. The topological polar surface area (TPSA) is 99.2 Å². The number of ether oxygens (including phenoxy) is 1. The van der Waals surface area contributed by atoms with Gasteiger partial charge in [0.25, 0.3) is 0 Å². The van der Waals surface area contributed by atoms with Crippen LogP contribution in [0.4, 0.5) is 4.79 Å². The molecule has 0 aromatic carbocycles. The van der Waals surface area contributed by atoms with Crippen molar-refractivity contribution in [1.82, 2.24) is 15.1 Å². The average molecular weight is 299 g/mol. The van der Waals surface area contributed by atoms with Crippen LogP contribution in [-0.4, -0.2) is 78.2 Å². The summed E-state index contributed by atoms with van der Waals surface area (Å²) >= 11 is 0. The first-order valence-electron chi connectivity index (χ1n) is 7.11. The molecule has 1 atom stereocenters. The molecule has 2 N–H and O–H groups in total. The highest BCUT2D eigenvalue weighted by Gasteiger charge is 2.33. The van der Waals surface area contributed by atoms with E-state index in [0.29, 0.717) is 39.4 Å². The first-order valence-corrected chi connectivity index (χ1v) is 7.11. The fourth-order valence-corrected chi connectivity index (χ4v) is 2.51. The number of carboxylic acid groups (broad SMARTS) is 1. The summed E-state index contributed by atoms with van der Waals surface area (Å²) in [4.78, 5) is 37.8. The van der Waals surface area contributed by atoms with Gasteiger partial charge in [0.1, 0.15) is 6.04 Å². The van der Waals surface area contributed by atoms with Crippen molar-refractivity contribution in [1.29, 1.82) is 0 Å². The van der Waals surface area contributed by atoms with Crippen LogP contribution in [0.3, 0.4) is 0 Å². The summed E-state index contributed by atoms with van der Waals surface area (Å²) in [5.74, 6) is -0.955. The van der Waals surface area contributed by atoms with Crippen LogP contribution in [0.15, 0.2) is 0 Å². The molecule has 118 valence electrons. The van der Waals surface area contributed by atoms with E-state index in [0.717, 1.165) is 0 Å². The van der Waals surface area contributed by atoms with E-state index >= 15 is 0 Å². The van der Waals surface area contributed by atoms with Crippen LogP contribution in [0.1, 0.15) is 13.3 Å². The summed E-state index contributed by atoms with van der Waals surface area (Å²) in [5.41, 5.74) is 0. The van der Waals surface area contributed by atoms with Gasteiger partial charge in [-0.25, -0.2) is 4.79 Å². The van der Waals surface area contributed by atoms with Crippen molar-refractivity contribution >= 4 is 17.9 Å². The highest BCUT2D eigenvalue weighted by molar-refractivity contribution is 5.87. The third-order valence-electron chi connectivity index (χ3n) is 3.74. The number of aliphatic carboxylic acids is 1. The Kier molecular flexibility index (Phi) is 5.00. The summed E-state index contributed by atoms with van der Waals surface area (Å²) in [6, 6.07) is -0.903. The monoisotopic (exact) mass is 299 g/mol. The van der Waals surface area contributed by atoms with E-state index in [1.54, 1.807) is 11.8 Å². The van der Waals surface area contributed by atoms with Crippen molar-refractivity contribution in [3.05, 3.63) is 0 Å². The molecule has 8 heteroatoms. The van der Waals surface area contributed by atoms with Crippen LogP contribution in [0, 0.1) is 5.92 Å². The summed E-state index contributed by atoms with van der Waals surface area (Å²) in [6.45, 7) is 4.65. The second-order valence-corrected chi connectivity index (χ2v) is 5.48. The number of rotatable bonds is 4. The average Bonchev–Trinajstić information content (AvgIpc) is 2.42. The zero-order valence-electron chi connectivity index (χ0n) is 12.1. The van der Waals surface area contributed by atoms with E-state index in [1.807, 2.05) is 0 Å². The molecule has 21 heavy (non-hydrogen) atoms. The highest BCUT2D eigenvalue weighted by atomic mass is 16.5. The van der Waals surface area contributed by atoms with Gasteiger partial charge in [0, 0.05) is 32.1 Å². The Bertz CT molecular complexity index is 416. The normalized spacial score (nSPS) is 20.6. The number of nitrogens with one attached hydrogen (secondary N) is 1. The molecular weight excluding hydrogens is 278 g/mol. The van der Waals surface area contributed by atoms with E-state index in [2.05, 4.69) is 5.32 Å². The first-order chi connectivity index (χ1) is 9.97. The van der Waals surface area contributed by atoms with Crippen LogP contribution in [0.25, 0.3) is 0 Å². The maximum atomic E-state index is 12.1. The highest BCUT2D eigenvalue weighted by Crippen LogP contribution is 2.18. The number of hydrogen-bond acceptors (Lipinski definition) is 4. The van der Waals surface area contributed by atoms with Crippen LogP contribution >= 0.6 is 0 Å². The Morgan fingerprint density at radius 3 is 2.43 bits per heavy atom. The molecule has 0 aliphatic carbocycles. The molecule has 8 nitrogen and oxygen atoms in total. The minimum atomic E-state index is -0.851. The molecule has 2 rings (SSSR count). The zero-order chi connectivity index (χ0) is 15.4. The molecule has 3 amide bonds. The van der Waals surface area contributed by atoms with Crippen molar-refractivity contribution < 1.29 is 24.2 Å². The molecule has 0 bridgehead atoms. The molecule has 0 radical (unpaired) electrons. The van der Waals surface area contributed by atoms with Gasteiger partial charge in [-0.1, -0.05) is 0 Å². The number of amides is 3. The second kappa shape index (κ2) is 6.75. The van der Waals surface area contributed by atoms with E-state index < -0.39 is 12.0 Å². The van der Waals surface area contributed by atoms with Gasteiger partial charge in [-0.15, -0.1) is 0 Å². The fourth-order valence-electron chi connectivity index (χ4n) is 2.51. The number of carbonyl (C=O) groups is 3. The zero-order valence-corrected chi connectivity index (χ0v) is 12.1. The van der Waals surface area contributed by atoms with E-state index in [1.165, 1.54) is 4.90 Å². The number of nitrogens with zero attached hydrogens (tertiary/aromatic N) is 2. The van der Waals surface area contributed by atoms with Crippen LogP contribution < -0.4 is 5.32 Å². The Hall–Kier alpha value is -1.83. The van der Waals surface area contributed by atoms with Crippen molar-refractivity contribution in [2.45, 2.75) is 19.4 Å². The van der Waals surface area contributed by atoms with Crippen LogP contribution in [0.2, 0.25) is 0 Å². The molecule has 1 unspecified atom stereocenters. The third-order valence-corrected chi connectivity index (χ3v) is 3.74. The van der Waals surface area contributed by atoms with Gasteiger partial charge in [0.2, 0.25) is 5.91 Å². The molecule has 0 aromatic rings. The third kappa shape index (κ3) is 4.07. The van der Waals surface area contributed by atoms with Gasteiger partial charge in [0.05, 0.1) is 19.6 Å². The summed E-state index contributed by atoms with van der Waals surface area (Å²) in [7, 11) is 0. The Balaban J connectivity index is 1.72. The number of hydrogen-bond donors (Lipinski definition) is 2. The molecular formula is C13H21N3O5. The largest absolute Gasteiger partial charge is 0.481 e. The lowest BCUT2D eigenvalue weighted by molar-refractivity contribution is -0.139. The van der Waals surface area contributed by atoms with Gasteiger partial charge in [-0.3, -0.25) is 9.59 Å². The molecule has 2 saturated heterocycles. The standard InChI is InChI=1S/C13H21N3O5/c1-9(12(19)15-2-4-21-5-3-15)14-13(20)16-7-10(8-16)6-11(17)18/h9-10H,2-8H2,1H3,(H,14,20)(H,17,18).